The summed E-state index contributed by atoms with van der Waals surface area (Å²) in [6, 6.07) is 4.25. The lowest BCUT2D eigenvalue weighted by atomic mass is 9.93. The molecule has 0 aliphatic rings. The number of hydrogen-bond donors (Lipinski definition) is 0. The first-order valence-corrected chi connectivity index (χ1v) is 5.78. The van der Waals surface area contributed by atoms with Crippen molar-refractivity contribution in [2.75, 3.05) is 21.2 Å². The molecular formula is C14H23NO. The molecule has 0 atom stereocenters. The van der Waals surface area contributed by atoms with Gasteiger partial charge in [-0.2, -0.15) is 0 Å². The monoisotopic (exact) mass is 221 g/mol. The van der Waals surface area contributed by atoms with Crippen LogP contribution in [0.1, 0.15) is 36.5 Å². The van der Waals surface area contributed by atoms with Crippen LogP contribution >= 0.6 is 0 Å². The standard InChI is InChI=1S/C14H23NO/c1-10(2)14-11(3)12(9-15(4)5)7-8-13(14)16-6/h7-8,10H,9H2,1-6H3. The highest BCUT2D eigenvalue weighted by Gasteiger charge is 2.13. The van der Waals surface area contributed by atoms with E-state index in [4.69, 9.17) is 4.74 Å². The first kappa shape index (κ1) is 13.0. The Morgan fingerprint density at radius 2 is 1.88 bits per heavy atom. The number of methoxy groups -OCH3 is 1. The predicted octanol–water partition coefficient (Wildman–Crippen LogP) is 3.19. The van der Waals surface area contributed by atoms with Crippen molar-refractivity contribution < 1.29 is 4.74 Å². The summed E-state index contributed by atoms with van der Waals surface area (Å²) in [6.45, 7) is 7.60. The van der Waals surface area contributed by atoms with E-state index < -0.39 is 0 Å². The number of hydrogen-bond acceptors (Lipinski definition) is 2. The third kappa shape index (κ3) is 2.76. The van der Waals surface area contributed by atoms with Crippen LogP contribution in [0.5, 0.6) is 5.75 Å². The van der Waals surface area contributed by atoms with Crippen LogP contribution < -0.4 is 4.74 Å². The number of nitrogens with zero attached hydrogens (tertiary/aromatic N) is 1. The van der Waals surface area contributed by atoms with Crippen molar-refractivity contribution >= 4 is 0 Å². The molecule has 90 valence electrons. The molecule has 1 aromatic rings. The Hall–Kier alpha value is -1.02. The van der Waals surface area contributed by atoms with Gasteiger partial charge in [-0.05, 0) is 49.7 Å². The van der Waals surface area contributed by atoms with Crippen molar-refractivity contribution in [3.63, 3.8) is 0 Å². The van der Waals surface area contributed by atoms with Gasteiger partial charge < -0.3 is 9.64 Å². The van der Waals surface area contributed by atoms with Gasteiger partial charge in [-0.1, -0.05) is 19.9 Å². The van der Waals surface area contributed by atoms with Gasteiger partial charge in [0.2, 0.25) is 0 Å². The van der Waals surface area contributed by atoms with Crippen LogP contribution in [0.15, 0.2) is 12.1 Å². The number of benzene rings is 1. The van der Waals surface area contributed by atoms with Crippen molar-refractivity contribution in [3.05, 3.63) is 28.8 Å². The van der Waals surface area contributed by atoms with E-state index in [1.165, 1.54) is 16.7 Å². The summed E-state index contributed by atoms with van der Waals surface area (Å²) < 4.78 is 5.43. The Morgan fingerprint density at radius 3 is 2.31 bits per heavy atom. The molecule has 1 rings (SSSR count). The number of rotatable bonds is 4. The lowest BCUT2D eigenvalue weighted by Crippen LogP contribution is -2.13. The van der Waals surface area contributed by atoms with Gasteiger partial charge >= 0.3 is 0 Å². The Labute approximate surface area is 99.2 Å². The van der Waals surface area contributed by atoms with Crippen LogP contribution in [0, 0.1) is 6.92 Å². The first-order chi connectivity index (χ1) is 7.47. The molecule has 16 heavy (non-hydrogen) atoms. The molecule has 0 aromatic heterocycles. The third-order valence-corrected chi connectivity index (χ3v) is 2.87. The molecule has 0 radical (unpaired) electrons. The maximum absolute atomic E-state index is 5.43. The SMILES string of the molecule is COc1ccc(CN(C)C)c(C)c1C(C)C. The Kier molecular flexibility index (Phi) is 4.36. The van der Waals surface area contributed by atoms with Gasteiger partial charge in [0, 0.05) is 6.54 Å². The minimum Gasteiger partial charge on any atom is -0.496 e. The topological polar surface area (TPSA) is 12.5 Å². The van der Waals surface area contributed by atoms with Gasteiger partial charge in [-0.15, -0.1) is 0 Å². The van der Waals surface area contributed by atoms with Crippen LogP contribution in [-0.4, -0.2) is 26.1 Å². The van der Waals surface area contributed by atoms with Crippen molar-refractivity contribution in [1.82, 2.24) is 4.90 Å². The second-order valence-electron chi connectivity index (χ2n) is 4.86. The zero-order valence-electron chi connectivity index (χ0n) is 11.3. The molecule has 1 aromatic carbocycles. The van der Waals surface area contributed by atoms with Crippen LogP contribution in [0.4, 0.5) is 0 Å². The average Bonchev–Trinajstić information content (AvgIpc) is 2.19. The molecule has 0 saturated heterocycles. The summed E-state index contributed by atoms with van der Waals surface area (Å²) >= 11 is 0. The highest BCUT2D eigenvalue weighted by molar-refractivity contribution is 5.46. The molecule has 0 fully saturated rings. The minimum absolute atomic E-state index is 0.497. The Morgan fingerprint density at radius 1 is 1.25 bits per heavy atom. The predicted molar refractivity (Wildman–Crippen MR) is 69.2 cm³/mol. The molecule has 0 spiro atoms. The van der Waals surface area contributed by atoms with Crippen molar-refractivity contribution in [3.8, 4) is 5.75 Å². The molecule has 0 aliphatic heterocycles. The molecule has 2 nitrogen and oxygen atoms in total. The summed E-state index contributed by atoms with van der Waals surface area (Å²) in [7, 11) is 5.93. The Bertz CT molecular complexity index is 356. The van der Waals surface area contributed by atoms with Gasteiger partial charge in [-0.25, -0.2) is 0 Å². The summed E-state index contributed by atoms with van der Waals surface area (Å²) in [5.74, 6) is 1.51. The number of ether oxygens (including phenoxy) is 1. The third-order valence-electron chi connectivity index (χ3n) is 2.87. The summed E-state index contributed by atoms with van der Waals surface area (Å²) in [4.78, 5) is 2.19. The fourth-order valence-corrected chi connectivity index (χ4v) is 2.16. The van der Waals surface area contributed by atoms with Crippen LogP contribution in [0.25, 0.3) is 0 Å². The van der Waals surface area contributed by atoms with Gasteiger partial charge in [0.05, 0.1) is 7.11 Å². The van der Waals surface area contributed by atoms with Gasteiger partial charge in [0.1, 0.15) is 5.75 Å². The molecule has 0 unspecified atom stereocenters. The van der Waals surface area contributed by atoms with E-state index in [1.54, 1.807) is 7.11 Å². The normalized spacial score (nSPS) is 11.2. The van der Waals surface area contributed by atoms with E-state index >= 15 is 0 Å². The molecule has 0 bridgehead atoms. The van der Waals surface area contributed by atoms with E-state index in [-0.39, 0.29) is 0 Å². The fraction of sp³-hybridized carbons (Fsp3) is 0.571. The smallest absolute Gasteiger partial charge is 0.122 e. The molecule has 0 heterocycles. The molecule has 0 N–H and O–H groups in total. The second-order valence-corrected chi connectivity index (χ2v) is 4.86. The fourth-order valence-electron chi connectivity index (χ4n) is 2.16. The zero-order valence-corrected chi connectivity index (χ0v) is 11.3. The highest BCUT2D eigenvalue weighted by Crippen LogP contribution is 2.31. The summed E-state index contributed by atoms with van der Waals surface area (Å²) in [5, 5.41) is 0. The minimum atomic E-state index is 0.497. The lowest BCUT2D eigenvalue weighted by molar-refractivity contribution is 0.395. The molecule has 0 saturated carbocycles. The Balaban J connectivity index is 3.21. The van der Waals surface area contributed by atoms with E-state index in [1.807, 2.05) is 0 Å². The summed E-state index contributed by atoms with van der Waals surface area (Å²) in [6.07, 6.45) is 0. The maximum Gasteiger partial charge on any atom is 0.122 e. The van der Waals surface area contributed by atoms with Crippen molar-refractivity contribution in [2.45, 2.75) is 33.2 Å². The summed E-state index contributed by atoms with van der Waals surface area (Å²) in [5.41, 5.74) is 4.08. The largest absolute Gasteiger partial charge is 0.496 e. The molecule has 0 aliphatic carbocycles. The van der Waals surface area contributed by atoms with Crippen LogP contribution in [0.2, 0.25) is 0 Å². The maximum atomic E-state index is 5.43. The van der Waals surface area contributed by atoms with Crippen molar-refractivity contribution in [1.29, 1.82) is 0 Å². The van der Waals surface area contributed by atoms with E-state index in [0.717, 1.165) is 12.3 Å². The van der Waals surface area contributed by atoms with E-state index in [0.29, 0.717) is 5.92 Å². The molecule has 0 amide bonds. The van der Waals surface area contributed by atoms with Crippen molar-refractivity contribution in [2.24, 2.45) is 0 Å². The molecular weight excluding hydrogens is 198 g/mol. The first-order valence-electron chi connectivity index (χ1n) is 5.78. The second kappa shape index (κ2) is 5.35. The van der Waals surface area contributed by atoms with Gasteiger partial charge in [0.25, 0.3) is 0 Å². The van der Waals surface area contributed by atoms with Crippen LogP contribution in [0.3, 0.4) is 0 Å². The van der Waals surface area contributed by atoms with Gasteiger partial charge in [0.15, 0.2) is 0 Å². The molecule has 2 heteroatoms. The van der Waals surface area contributed by atoms with Gasteiger partial charge in [-0.3, -0.25) is 0 Å². The van der Waals surface area contributed by atoms with Crippen LogP contribution in [-0.2, 0) is 6.54 Å². The highest BCUT2D eigenvalue weighted by atomic mass is 16.5. The van der Waals surface area contributed by atoms with E-state index in [9.17, 15) is 0 Å². The average molecular weight is 221 g/mol. The van der Waals surface area contributed by atoms with E-state index in [2.05, 4.69) is 51.9 Å². The zero-order chi connectivity index (χ0) is 12.3. The lowest BCUT2D eigenvalue weighted by Gasteiger charge is -2.20. The quantitative estimate of drug-likeness (QED) is 0.774.